The molecule has 2 N–H and O–H groups in total. The number of methoxy groups -OCH3 is 1. The average Bonchev–Trinajstić information content (AvgIpc) is 3.14. The first kappa shape index (κ1) is 19.2. The van der Waals surface area contributed by atoms with Gasteiger partial charge < -0.3 is 19.6 Å². The predicted octanol–water partition coefficient (Wildman–Crippen LogP) is 3.24. The molecular formula is C21H19NO6. The van der Waals surface area contributed by atoms with Crippen molar-refractivity contribution in [2.45, 2.75) is 18.9 Å². The lowest BCUT2D eigenvalue weighted by Gasteiger charge is -2.14. The Balaban J connectivity index is 1.70. The van der Waals surface area contributed by atoms with E-state index in [1.807, 2.05) is 30.3 Å². The zero-order chi connectivity index (χ0) is 20.1. The first-order valence-electron chi connectivity index (χ1n) is 8.67. The second kappa shape index (κ2) is 8.39. The number of carboxylic acid groups (broad SMARTS) is 1. The van der Waals surface area contributed by atoms with Crippen molar-refractivity contribution in [1.82, 2.24) is 5.32 Å². The van der Waals surface area contributed by atoms with Crippen LogP contribution in [0.2, 0.25) is 0 Å². The van der Waals surface area contributed by atoms with Crippen LogP contribution in [0.4, 0.5) is 0 Å². The molecule has 7 nitrogen and oxygen atoms in total. The van der Waals surface area contributed by atoms with E-state index in [1.54, 1.807) is 24.3 Å². The second-order valence-electron chi connectivity index (χ2n) is 6.20. The Labute approximate surface area is 160 Å². The molecule has 0 saturated heterocycles. The topological polar surface area (TPSA) is 106 Å². The van der Waals surface area contributed by atoms with E-state index in [-0.39, 0.29) is 12.8 Å². The van der Waals surface area contributed by atoms with Crippen molar-refractivity contribution < 1.29 is 28.6 Å². The van der Waals surface area contributed by atoms with Crippen LogP contribution in [0.5, 0.6) is 0 Å². The maximum Gasteiger partial charge on any atom is 0.326 e. The van der Waals surface area contributed by atoms with Crippen molar-refractivity contribution >= 4 is 28.8 Å². The van der Waals surface area contributed by atoms with Crippen LogP contribution in [0.25, 0.3) is 22.3 Å². The van der Waals surface area contributed by atoms with Gasteiger partial charge >= 0.3 is 11.9 Å². The van der Waals surface area contributed by atoms with Crippen molar-refractivity contribution in [3.63, 3.8) is 0 Å². The molecule has 0 aliphatic heterocycles. The molecule has 144 valence electrons. The van der Waals surface area contributed by atoms with E-state index in [1.165, 1.54) is 7.11 Å². The van der Waals surface area contributed by atoms with E-state index >= 15 is 0 Å². The Kier molecular flexibility index (Phi) is 5.74. The fraction of sp³-hybridized carbons (Fsp3) is 0.190. The van der Waals surface area contributed by atoms with Crippen molar-refractivity contribution in [3.05, 3.63) is 60.2 Å². The highest BCUT2D eigenvalue weighted by atomic mass is 16.5. The Morgan fingerprint density at radius 3 is 2.46 bits per heavy atom. The van der Waals surface area contributed by atoms with Crippen molar-refractivity contribution in [1.29, 1.82) is 0 Å². The molecule has 0 aliphatic rings. The molecule has 0 spiro atoms. The summed E-state index contributed by atoms with van der Waals surface area (Å²) in [7, 11) is 1.22. The second-order valence-corrected chi connectivity index (χ2v) is 6.20. The van der Waals surface area contributed by atoms with Gasteiger partial charge in [0, 0.05) is 22.9 Å². The molecule has 28 heavy (non-hydrogen) atoms. The number of hydrogen-bond acceptors (Lipinski definition) is 5. The van der Waals surface area contributed by atoms with Gasteiger partial charge in [0.05, 0.1) is 7.11 Å². The van der Waals surface area contributed by atoms with E-state index in [0.29, 0.717) is 11.3 Å². The largest absolute Gasteiger partial charge is 0.480 e. The van der Waals surface area contributed by atoms with Crippen LogP contribution in [0.3, 0.4) is 0 Å². The Hall–Kier alpha value is -3.61. The first-order valence-corrected chi connectivity index (χ1v) is 8.67. The van der Waals surface area contributed by atoms with Gasteiger partial charge in [0.1, 0.15) is 17.4 Å². The number of furan rings is 1. The van der Waals surface area contributed by atoms with Gasteiger partial charge in [0.15, 0.2) is 0 Å². The maximum atomic E-state index is 12.3. The van der Waals surface area contributed by atoms with E-state index in [9.17, 15) is 19.5 Å². The van der Waals surface area contributed by atoms with Crippen LogP contribution in [0.1, 0.15) is 23.2 Å². The van der Waals surface area contributed by atoms with Gasteiger partial charge in [-0.3, -0.25) is 9.59 Å². The lowest BCUT2D eigenvalue weighted by molar-refractivity contribution is -0.142. The number of benzene rings is 2. The van der Waals surface area contributed by atoms with Crippen LogP contribution >= 0.6 is 0 Å². The average molecular weight is 381 g/mol. The van der Waals surface area contributed by atoms with E-state index in [4.69, 9.17) is 4.42 Å². The molecule has 0 radical (unpaired) electrons. The first-order chi connectivity index (χ1) is 13.5. The molecule has 1 unspecified atom stereocenters. The summed E-state index contributed by atoms with van der Waals surface area (Å²) in [6, 6.07) is 15.0. The number of fused-ring (bicyclic) bond motifs is 1. The molecule has 2 aromatic carbocycles. The van der Waals surface area contributed by atoms with Gasteiger partial charge in [-0.05, 0) is 30.7 Å². The third-order valence-corrected chi connectivity index (χ3v) is 4.33. The molecule has 0 fully saturated rings. The minimum atomic E-state index is -1.21. The molecule has 1 atom stereocenters. The summed E-state index contributed by atoms with van der Waals surface area (Å²) in [5.74, 6) is -1.60. The zero-order valence-electron chi connectivity index (χ0n) is 15.2. The highest BCUT2D eigenvalue weighted by Crippen LogP contribution is 2.27. The van der Waals surface area contributed by atoms with Crippen molar-refractivity contribution in [2.24, 2.45) is 0 Å². The highest BCUT2D eigenvalue weighted by molar-refractivity contribution is 5.97. The summed E-state index contributed by atoms with van der Waals surface area (Å²) in [6.07, 6.45) is -0.149. The number of amides is 1. The SMILES string of the molecule is COC(=O)CCC(NC(=O)c1ccc(-c2cc3ccccc3o2)cc1)C(=O)O. The number of para-hydroxylation sites is 1. The molecule has 0 saturated carbocycles. The predicted molar refractivity (Wildman–Crippen MR) is 102 cm³/mol. The summed E-state index contributed by atoms with van der Waals surface area (Å²) in [6.45, 7) is 0. The van der Waals surface area contributed by atoms with Crippen LogP contribution in [0.15, 0.2) is 59.0 Å². The number of aliphatic carboxylic acids is 1. The molecule has 0 bridgehead atoms. The molecule has 0 aliphatic carbocycles. The number of esters is 1. The van der Waals surface area contributed by atoms with Gasteiger partial charge in [-0.25, -0.2) is 4.79 Å². The van der Waals surface area contributed by atoms with Crippen LogP contribution in [0, 0.1) is 0 Å². The van der Waals surface area contributed by atoms with E-state index in [0.717, 1.165) is 16.5 Å². The normalized spacial score (nSPS) is 11.8. The number of carbonyl (C=O) groups is 3. The quantitative estimate of drug-likeness (QED) is 0.609. The van der Waals surface area contributed by atoms with Gasteiger partial charge in [-0.2, -0.15) is 0 Å². The number of carboxylic acids is 1. The maximum absolute atomic E-state index is 12.3. The minimum Gasteiger partial charge on any atom is -0.480 e. The fourth-order valence-corrected chi connectivity index (χ4v) is 2.77. The van der Waals surface area contributed by atoms with E-state index < -0.39 is 23.9 Å². The Bertz CT molecular complexity index is 972. The van der Waals surface area contributed by atoms with Crippen molar-refractivity contribution in [2.75, 3.05) is 7.11 Å². The minimum absolute atomic E-state index is 0.0508. The third kappa shape index (κ3) is 4.37. The van der Waals surface area contributed by atoms with Gasteiger partial charge in [0.25, 0.3) is 5.91 Å². The standard InChI is InChI=1S/C21H19NO6/c1-27-19(23)11-10-16(21(25)26)22-20(24)14-8-6-13(7-9-14)18-12-15-4-2-3-5-17(15)28-18/h2-9,12,16H,10-11H2,1H3,(H,22,24)(H,25,26). The third-order valence-electron chi connectivity index (χ3n) is 4.33. The number of ether oxygens (including phenoxy) is 1. The van der Waals surface area contributed by atoms with Gasteiger partial charge in [0.2, 0.25) is 0 Å². The summed E-state index contributed by atoms with van der Waals surface area (Å²) >= 11 is 0. The molecule has 1 aromatic heterocycles. The Morgan fingerprint density at radius 2 is 1.82 bits per heavy atom. The molecule has 1 amide bonds. The van der Waals surface area contributed by atoms with Gasteiger partial charge in [-0.1, -0.05) is 30.3 Å². The molecule has 7 heteroatoms. The van der Waals surface area contributed by atoms with Crippen molar-refractivity contribution in [3.8, 4) is 11.3 Å². The smallest absolute Gasteiger partial charge is 0.326 e. The van der Waals surface area contributed by atoms with Crippen LogP contribution < -0.4 is 5.32 Å². The monoisotopic (exact) mass is 381 g/mol. The lowest BCUT2D eigenvalue weighted by atomic mass is 10.1. The highest BCUT2D eigenvalue weighted by Gasteiger charge is 2.22. The molecule has 3 rings (SSSR count). The van der Waals surface area contributed by atoms with Crippen LogP contribution in [-0.4, -0.2) is 36.1 Å². The number of rotatable bonds is 7. The van der Waals surface area contributed by atoms with Gasteiger partial charge in [-0.15, -0.1) is 0 Å². The molecule has 1 heterocycles. The summed E-state index contributed by atoms with van der Waals surface area (Å²) in [5, 5.41) is 12.6. The number of nitrogens with one attached hydrogen (secondary N) is 1. The molecule has 3 aromatic rings. The summed E-state index contributed by atoms with van der Waals surface area (Å²) in [5.41, 5.74) is 1.88. The Morgan fingerprint density at radius 1 is 1.11 bits per heavy atom. The number of hydrogen-bond donors (Lipinski definition) is 2. The summed E-state index contributed by atoms with van der Waals surface area (Å²) < 4.78 is 10.3. The fourth-order valence-electron chi connectivity index (χ4n) is 2.77. The van der Waals surface area contributed by atoms with Crippen LogP contribution in [-0.2, 0) is 14.3 Å². The zero-order valence-corrected chi connectivity index (χ0v) is 15.2. The lowest BCUT2D eigenvalue weighted by Crippen LogP contribution is -2.41. The number of carbonyl (C=O) groups excluding carboxylic acids is 2. The summed E-state index contributed by atoms with van der Waals surface area (Å²) in [4.78, 5) is 34.9. The van der Waals surface area contributed by atoms with E-state index in [2.05, 4.69) is 10.1 Å². The molecular weight excluding hydrogens is 362 g/mol.